The maximum atomic E-state index is 5.62. The van der Waals surface area contributed by atoms with E-state index in [-0.39, 0.29) is 11.7 Å². The molecule has 89 valence electrons. The summed E-state index contributed by atoms with van der Waals surface area (Å²) in [4.78, 5) is 0. The summed E-state index contributed by atoms with van der Waals surface area (Å²) in [6, 6.07) is 0.103. The normalized spacial score (nSPS) is 16.4. The Morgan fingerprint density at radius 1 is 1.27 bits per heavy atom. The third-order valence-corrected chi connectivity index (χ3v) is 2.48. The average Bonchev–Trinajstić information content (AvgIpc) is 2.23. The number of nitrogens with two attached hydrogens (primary N) is 1. The SMILES string of the molecule is COC(CC([Si])NCC(C)N)(OC)OC. The highest BCUT2D eigenvalue weighted by Crippen LogP contribution is 2.18. The van der Waals surface area contributed by atoms with Crippen molar-refractivity contribution in [3.63, 3.8) is 0 Å². The highest BCUT2D eigenvalue weighted by molar-refractivity contribution is 6.11. The smallest absolute Gasteiger partial charge is 0.283 e. The fraction of sp³-hybridized carbons (Fsp3) is 1.00. The highest BCUT2D eigenvalue weighted by Gasteiger charge is 2.31. The van der Waals surface area contributed by atoms with Crippen LogP contribution in [0.2, 0.25) is 0 Å². The van der Waals surface area contributed by atoms with E-state index in [0.29, 0.717) is 13.0 Å². The summed E-state index contributed by atoms with van der Waals surface area (Å²) in [6.45, 7) is 2.64. The number of methoxy groups -OCH3 is 3. The van der Waals surface area contributed by atoms with Gasteiger partial charge in [-0.2, -0.15) is 0 Å². The summed E-state index contributed by atoms with van der Waals surface area (Å²) in [5.41, 5.74) is 5.63. The molecule has 3 radical (unpaired) electrons. The zero-order valence-corrected chi connectivity index (χ0v) is 10.9. The summed E-state index contributed by atoms with van der Waals surface area (Å²) >= 11 is 0. The van der Waals surface area contributed by atoms with Crippen LogP contribution < -0.4 is 11.1 Å². The zero-order chi connectivity index (χ0) is 11.9. The largest absolute Gasteiger partial charge is 0.331 e. The van der Waals surface area contributed by atoms with E-state index in [2.05, 4.69) is 15.6 Å². The van der Waals surface area contributed by atoms with Crippen LogP contribution in [0, 0.1) is 0 Å². The Kier molecular flexibility index (Phi) is 7.32. The molecule has 0 saturated heterocycles. The van der Waals surface area contributed by atoms with E-state index in [4.69, 9.17) is 19.9 Å². The standard InChI is InChI=1S/C9H21N2O3Si/c1-7(10)6-11-8(15)5-9(12-2,13-3)14-4/h7-8,11H,5-6,10H2,1-4H3. The first kappa shape index (κ1) is 15.0. The number of nitrogens with one attached hydrogen (secondary N) is 1. The quantitative estimate of drug-likeness (QED) is 0.433. The van der Waals surface area contributed by atoms with E-state index in [9.17, 15) is 0 Å². The van der Waals surface area contributed by atoms with Gasteiger partial charge in [0.1, 0.15) is 0 Å². The van der Waals surface area contributed by atoms with Gasteiger partial charge in [0.2, 0.25) is 0 Å². The maximum absolute atomic E-state index is 5.62. The van der Waals surface area contributed by atoms with Crippen LogP contribution in [0.25, 0.3) is 0 Å². The number of ether oxygens (including phenoxy) is 3. The minimum Gasteiger partial charge on any atom is -0.331 e. The second kappa shape index (κ2) is 7.32. The zero-order valence-electron chi connectivity index (χ0n) is 9.87. The molecule has 0 aliphatic heterocycles. The molecule has 0 aliphatic rings. The second-order valence-corrected chi connectivity index (χ2v) is 4.13. The van der Waals surface area contributed by atoms with Gasteiger partial charge in [0, 0.05) is 56.2 Å². The second-order valence-electron chi connectivity index (χ2n) is 3.44. The van der Waals surface area contributed by atoms with Gasteiger partial charge in [-0.1, -0.05) is 0 Å². The molecule has 5 nitrogen and oxygen atoms in total. The van der Waals surface area contributed by atoms with Gasteiger partial charge in [-0.15, -0.1) is 0 Å². The lowest BCUT2D eigenvalue weighted by Crippen LogP contribution is -2.46. The number of hydrogen-bond donors (Lipinski definition) is 2. The highest BCUT2D eigenvalue weighted by atomic mass is 28.1. The van der Waals surface area contributed by atoms with Crippen molar-refractivity contribution in [3.05, 3.63) is 0 Å². The molecule has 3 N–H and O–H groups in total. The summed E-state index contributed by atoms with van der Waals surface area (Å²) in [5.74, 6) is -1.02. The van der Waals surface area contributed by atoms with Crippen molar-refractivity contribution in [2.75, 3.05) is 27.9 Å². The van der Waals surface area contributed by atoms with Gasteiger partial charge in [0.25, 0.3) is 5.97 Å². The maximum Gasteiger partial charge on any atom is 0.283 e. The predicted octanol–water partition coefficient (Wildman–Crippen LogP) is -0.599. The molecule has 0 aromatic rings. The molecule has 0 bridgehead atoms. The molecule has 0 aromatic carbocycles. The fourth-order valence-corrected chi connectivity index (χ4v) is 1.52. The fourth-order valence-electron chi connectivity index (χ4n) is 1.15. The van der Waals surface area contributed by atoms with E-state index in [1.807, 2.05) is 6.92 Å². The van der Waals surface area contributed by atoms with Crippen LogP contribution in [-0.2, 0) is 14.2 Å². The summed E-state index contributed by atoms with van der Waals surface area (Å²) < 4.78 is 15.5. The molecule has 15 heavy (non-hydrogen) atoms. The van der Waals surface area contributed by atoms with E-state index >= 15 is 0 Å². The van der Waals surface area contributed by atoms with E-state index in [1.165, 1.54) is 21.3 Å². The van der Waals surface area contributed by atoms with E-state index in [0.717, 1.165) is 0 Å². The number of rotatable bonds is 8. The van der Waals surface area contributed by atoms with Crippen molar-refractivity contribution < 1.29 is 14.2 Å². The molecule has 0 amide bonds. The van der Waals surface area contributed by atoms with E-state index in [1.54, 1.807) is 0 Å². The molecule has 2 unspecified atom stereocenters. The van der Waals surface area contributed by atoms with Crippen molar-refractivity contribution >= 4 is 10.2 Å². The van der Waals surface area contributed by atoms with Gasteiger partial charge < -0.3 is 25.3 Å². The summed E-state index contributed by atoms with van der Waals surface area (Å²) in [6.07, 6.45) is 0.514. The Hall–Kier alpha value is 0.0169. The number of hydrogen-bond acceptors (Lipinski definition) is 5. The minimum absolute atomic E-state index is 0.0100. The first-order chi connectivity index (χ1) is 6.99. The van der Waals surface area contributed by atoms with Crippen molar-refractivity contribution in [1.82, 2.24) is 5.32 Å². The van der Waals surface area contributed by atoms with Crippen LogP contribution in [0.3, 0.4) is 0 Å². The topological polar surface area (TPSA) is 65.7 Å². The molecule has 0 aliphatic carbocycles. The lowest BCUT2D eigenvalue weighted by molar-refractivity contribution is -0.355. The van der Waals surface area contributed by atoms with Crippen LogP contribution in [0.1, 0.15) is 13.3 Å². The Balaban J connectivity index is 4.05. The minimum atomic E-state index is -1.02. The van der Waals surface area contributed by atoms with Crippen molar-refractivity contribution in [3.8, 4) is 0 Å². The van der Waals surface area contributed by atoms with Gasteiger partial charge in [-0.3, -0.25) is 0 Å². The lowest BCUT2D eigenvalue weighted by atomic mass is 10.3. The molecule has 2 atom stereocenters. The Morgan fingerprint density at radius 3 is 2.07 bits per heavy atom. The average molecular weight is 233 g/mol. The lowest BCUT2D eigenvalue weighted by Gasteiger charge is -2.31. The molecule has 0 saturated carbocycles. The molecule has 0 heterocycles. The predicted molar refractivity (Wildman–Crippen MR) is 59.6 cm³/mol. The van der Waals surface area contributed by atoms with Crippen molar-refractivity contribution in [2.45, 2.75) is 31.0 Å². The van der Waals surface area contributed by atoms with Crippen LogP contribution in [0.15, 0.2) is 0 Å². The first-order valence-corrected chi connectivity index (χ1v) is 5.43. The molecule has 0 fully saturated rings. The summed E-state index contributed by atoms with van der Waals surface area (Å²) in [7, 11) is 8.13. The van der Waals surface area contributed by atoms with Crippen LogP contribution in [0.4, 0.5) is 0 Å². The molecule has 6 heteroatoms. The van der Waals surface area contributed by atoms with Gasteiger partial charge in [0.05, 0.1) is 0 Å². The molecular weight excluding hydrogens is 212 g/mol. The van der Waals surface area contributed by atoms with Crippen LogP contribution in [0.5, 0.6) is 0 Å². The van der Waals surface area contributed by atoms with Crippen molar-refractivity contribution in [2.24, 2.45) is 5.73 Å². The molecule has 0 aromatic heterocycles. The first-order valence-electron chi connectivity index (χ1n) is 4.85. The Morgan fingerprint density at radius 2 is 1.73 bits per heavy atom. The van der Waals surface area contributed by atoms with Crippen molar-refractivity contribution in [1.29, 1.82) is 0 Å². The van der Waals surface area contributed by atoms with Gasteiger partial charge in [-0.05, 0) is 6.92 Å². The third-order valence-electron chi connectivity index (χ3n) is 2.07. The van der Waals surface area contributed by atoms with Gasteiger partial charge >= 0.3 is 0 Å². The molecule has 0 spiro atoms. The van der Waals surface area contributed by atoms with Crippen LogP contribution in [-0.4, -0.2) is 55.8 Å². The van der Waals surface area contributed by atoms with Crippen LogP contribution >= 0.6 is 0 Å². The Labute approximate surface area is 95.1 Å². The monoisotopic (exact) mass is 233 g/mol. The molecule has 0 rings (SSSR count). The molecular formula is C9H21N2O3Si. The van der Waals surface area contributed by atoms with Gasteiger partial charge in [0.15, 0.2) is 0 Å². The van der Waals surface area contributed by atoms with E-state index < -0.39 is 5.97 Å². The Bertz CT molecular complexity index is 157. The van der Waals surface area contributed by atoms with Gasteiger partial charge in [-0.25, -0.2) is 0 Å². The third kappa shape index (κ3) is 5.60. The summed E-state index contributed by atoms with van der Waals surface area (Å²) in [5, 5.41) is 3.19.